The standard InChI is InChI=1S/C9H13N3O2S/c1-15(13,14)12-5-8-4-9(7-2-3-7)11-6-10-8/h4,6-7,12H,2-3,5H2,1H3. The van der Waals surface area contributed by atoms with Gasteiger partial charge in [-0.2, -0.15) is 0 Å². The van der Waals surface area contributed by atoms with Crippen molar-refractivity contribution in [1.82, 2.24) is 14.7 Å². The van der Waals surface area contributed by atoms with Gasteiger partial charge < -0.3 is 0 Å². The highest BCUT2D eigenvalue weighted by Gasteiger charge is 2.25. The maximum absolute atomic E-state index is 10.9. The number of hydrogen-bond acceptors (Lipinski definition) is 4. The Labute approximate surface area is 89.0 Å². The van der Waals surface area contributed by atoms with E-state index in [2.05, 4.69) is 14.7 Å². The largest absolute Gasteiger partial charge is 0.241 e. The van der Waals surface area contributed by atoms with Crippen LogP contribution in [0.25, 0.3) is 0 Å². The summed E-state index contributed by atoms with van der Waals surface area (Å²) in [6.07, 6.45) is 4.98. The van der Waals surface area contributed by atoms with E-state index in [4.69, 9.17) is 0 Å². The van der Waals surface area contributed by atoms with Crippen LogP contribution >= 0.6 is 0 Å². The minimum Gasteiger partial charge on any atom is -0.241 e. The van der Waals surface area contributed by atoms with E-state index in [0.717, 1.165) is 17.6 Å². The van der Waals surface area contributed by atoms with Crippen LogP contribution in [0.5, 0.6) is 0 Å². The molecule has 0 aromatic carbocycles. The molecule has 0 amide bonds. The molecule has 1 aliphatic rings. The van der Waals surface area contributed by atoms with Crippen molar-refractivity contribution < 1.29 is 8.42 Å². The van der Waals surface area contributed by atoms with Gasteiger partial charge in [0.05, 0.1) is 18.5 Å². The lowest BCUT2D eigenvalue weighted by molar-refractivity contribution is 0.586. The van der Waals surface area contributed by atoms with Crippen LogP contribution in [0.3, 0.4) is 0 Å². The molecule has 15 heavy (non-hydrogen) atoms. The van der Waals surface area contributed by atoms with Gasteiger partial charge in [-0.05, 0) is 18.9 Å². The van der Waals surface area contributed by atoms with Crippen molar-refractivity contribution in [1.29, 1.82) is 0 Å². The van der Waals surface area contributed by atoms with Crippen LogP contribution in [0, 0.1) is 0 Å². The molecule has 0 radical (unpaired) electrons. The average Bonchev–Trinajstić information content (AvgIpc) is 2.97. The van der Waals surface area contributed by atoms with Crippen LogP contribution < -0.4 is 4.72 Å². The van der Waals surface area contributed by atoms with Gasteiger partial charge in [0.25, 0.3) is 0 Å². The highest BCUT2D eigenvalue weighted by atomic mass is 32.2. The normalized spacial score (nSPS) is 16.6. The average molecular weight is 227 g/mol. The van der Waals surface area contributed by atoms with Crippen molar-refractivity contribution in [3.05, 3.63) is 23.8 Å². The third-order valence-corrected chi connectivity index (χ3v) is 2.92. The number of nitrogens with one attached hydrogen (secondary N) is 1. The Balaban J connectivity index is 2.05. The fraction of sp³-hybridized carbons (Fsp3) is 0.556. The molecular formula is C9H13N3O2S. The Bertz CT molecular complexity index is 454. The van der Waals surface area contributed by atoms with Gasteiger partial charge in [-0.3, -0.25) is 0 Å². The van der Waals surface area contributed by atoms with E-state index in [1.54, 1.807) is 0 Å². The molecule has 1 aromatic heterocycles. The van der Waals surface area contributed by atoms with Gasteiger partial charge in [-0.25, -0.2) is 23.1 Å². The number of rotatable bonds is 4. The number of aromatic nitrogens is 2. The van der Waals surface area contributed by atoms with Gasteiger partial charge >= 0.3 is 0 Å². The summed E-state index contributed by atoms with van der Waals surface area (Å²) < 4.78 is 24.2. The van der Waals surface area contributed by atoms with Crippen molar-refractivity contribution in [2.24, 2.45) is 0 Å². The number of hydrogen-bond donors (Lipinski definition) is 1. The molecule has 5 nitrogen and oxygen atoms in total. The molecule has 1 aromatic rings. The Morgan fingerprint density at radius 3 is 2.80 bits per heavy atom. The van der Waals surface area contributed by atoms with Gasteiger partial charge in [-0.1, -0.05) is 0 Å². The highest BCUT2D eigenvalue weighted by molar-refractivity contribution is 7.88. The summed E-state index contributed by atoms with van der Waals surface area (Å²) in [5.74, 6) is 0.560. The van der Waals surface area contributed by atoms with Crippen molar-refractivity contribution >= 4 is 10.0 Å². The third-order valence-electron chi connectivity index (χ3n) is 2.26. The molecule has 2 rings (SSSR count). The Morgan fingerprint density at radius 1 is 1.47 bits per heavy atom. The molecule has 1 heterocycles. The van der Waals surface area contributed by atoms with E-state index in [9.17, 15) is 8.42 Å². The minimum absolute atomic E-state index is 0.237. The van der Waals surface area contributed by atoms with E-state index < -0.39 is 10.0 Å². The smallest absolute Gasteiger partial charge is 0.209 e. The predicted molar refractivity (Wildman–Crippen MR) is 55.7 cm³/mol. The van der Waals surface area contributed by atoms with E-state index in [0.29, 0.717) is 5.92 Å². The van der Waals surface area contributed by atoms with Gasteiger partial charge in [0.2, 0.25) is 10.0 Å². The molecule has 0 atom stereocenters. The Morgan fingerprint density at radius 2 is 2.20 bits per heavy atom. The molecule has 0 spiro atoms. The van der Waals surface area contributed by atoms with Crippen LogP contribution in [0.2, 0.25) is 0 Å². The first-order chi connectivity index (χ1) is 7.04. The third kappa shape index (κ3) is 3.24. The molecule has 1 N–H and O–H groups in total. The predicted octanol–water partition coefficient (Wildman–Crippen LogP) is 0.403. The van der Waals surface area contributed by atoms with E-state index in [1.807, 2.05) is 6.07 Å². The summed E-state index contributed by atoms with van der Waals surface area (Å²) in [7, 11) is -3.15. The Kier molecular flexibility index (Phi) is 2.70. The van der Waals surface area contributed by atoms with Crippen molar-refractivity contribution in [2.75, 3.05) is 6.26 Å². The fourth-order valence-electron chi connectivity index (χ4n) is 1.32. The first kappa shape index (κ1) is 10.5. The molecule has 6 heteroatoms. The lowest BCUT2D eigenvalue weighted by Crippen LogP contribution is -2.21. The zero-order valence-electron chi connectivity index (χ0n) is 8.47. The SMILES string of the molecule is CS(=O)(=O)NCc1cc(C2CC2)ncn1. The van der Waals surface area contributed by atoms with Crippen LogP contribution in [0.15, 0.2) is 12.4 Å². The molecular weight excluding hydrogens is 214 g/mol. The van der Waals surface area contributed by atoms with Gasteiger partial charge in [0.15, 0.2) is 0 Å². The van der Waals surface area contributed by atoms with Crippen molar-refractivity contribution in [3.63, 3.8) is 0 Å². The number of sulfonamides is 1. The minimum atomic E-state index is -3.15. The maximum atomic E-state index is 10.9. The quantitative estimate of drug-likeness (QED) is 0.808. The maximum Gasteiger partial charge on any atom is 0.209 e. The topological polar surface area (TPSA) is 72.0 Å². The zero-order chi connectivity index (χ0) is 10.9. The van der Waals surface area contributed by atoms with Crippen LogP contribution in [-0.4, -0.2) is 24.6 Å². The summed E-state index contributed by atoms with van der Waals surface area (Å²) >= 11 is 0. The molecule has 1 aliphatic carbocycles. The second kappa shape index (κ2) is 3.86. The first-order valence-electron chi connectivity index (χ1n) is 4.80. The summed E-state index contributed by atoms with van der Waals surface area (Å²) in [6.45, 7) is 0.237. The zero-order valence-corrected chi connectivity index (χ0v) is 9.29. The molecule has 0 saturated heterocycles. The summed E-state index contributed by atoms with van der Waals surface area (Å²) in [5.41, 5.74) is 1.74. The second-order valence-corrected chi connectivity index (χ2v) is 5.63. The lowest BCUT2D eigenvalue weighted by atomic mass is 10.2. The summed E-state index contributed by atoms with van der Waals surface area (Å²) in [6, 6.07) is 1.87. The molecule has 1 fully saturated rings. The highest BCUT2D eigenvalue weighted by Crippen LogP contribution is 2.38. The molecule has 82 valence electrons. The van der Waals surface area contributed by atoms with Gasteiger partial charge in [0.1, 0.15) is 6.33 Å². The van der Waals surface area contributed by atoms with Gasteiger partial charge in [-0.15, -0.1) is 0 Å². The lowest BCUT2D eigenvalue weighted by Gasteiger charge is -2.03. The first-order valence-corrected chi connectivity index (χ1v) is 6.69. The molecule has 1 saturated carbocycles. The molecule has 0 aliphatic heterocycles. The second-order valence-electron chi connectivity index (χ2n) is 3.80. The van der Waals surface area contributed by atoms with Crippen molar-refractivity contribution in [3.8, 4) is 0 Å². The summed E-state index contributed by atoms with van der Waals surface area (Å²) in [4.78, 5) is 8.17. The fourth-order valence-corrected chi connectivity index (χ4v) is 1.73. The monoisotopic (exact) mass is 227 g/mol. The van der Waals surface area contributed by atoms with E-state index >= 15 is 0 Å². The van der Waals surface area contributed by atoms with Crippen LogP contribution in [0.4, 0.5) is 0 Å². The molecule has 0 bridgehead atoms. The van der Waals surface area contributed by atoms with Crippen LogP contribution in [0.1, 0.15) is 30.1 Å². The van der Waals surface area contributed by atoms with Crippen LogP contribution in [-0.2, 0) is 16.6 Å². The summed E-state index contributed by atoms with van der Waals surface area (Å²) in [5, 5.41) is 0. The van der Waals surface area contributed by atoms with E-state index in [1.165, 1.54) is 19.2 Å². The van der Waals surface area contributed by atoms with E-state index in [-0.39, 0.29) is 6.54 Å². The Hall–Kier alpha value is -1.01. The molecule has 0 unspecified atom stereocenters. The van der Waals surface area contributed by atoms with Gasteiger partial charge in [0, 0.05) is 11.6 Å². The van der Waals surface area contributed by atoms with Crippen molar-refractivity contribution in [2.45, 2.75) is 25.3 Å². The number of nitrogens with zero attached hydrogens (tertiary/aromatic N) is 2.